The normalized spacial score (nSPS) is 12.3. The van der Waals surface area contributed by atoms with Crippen LogP contribution in [0.5, 0.6) is 17.2 Å². The molecule has 222 valence electrons. The zero-order valence-electron chi connectivity index (χ0n) is 25.1. The molecule has 0 saturated carbocycles. The number of halogens is 2. The lowest BCUT2D eigenvalue weighted by molar-refractivity contribution is 0.201. The molecule has 0 bridgehead atoms. The zero-order chi connectivity index (χ0) is 30.6. The van der Waals surface area contributed by atoms with Gasteiger partial charge in [0.05, 0.1) is 40.9 Å². The Hall–Kier alpha value is -3.17. The first-order chi connectivity index (χ1) is 20.1. The molecule has 0 fully saturated rings. The highest BCUT2D eigenvalue weighted by molar-refractivity contribution is 9.13. The number of benzene rings is 3. The van der Waals surface area contributed by atoms with E-state index >= 15 is 0 Å². The minimum absolute atomic E-state index is 0.00446. The molecule has 0 aliphatic carbocycles. The van der Waals surface area contributed by atoms with Gasteiger partial charge in [-0.25, -0.2) is 4.98 Å². The number of ether oxygens (including phenoxy) is 3. The number of hydrogen-bond acceptors (Lipinski definition) is 6. The Labute approximate surface area is 264 Å². The fraction of sp³-hybridized carbons (Fsp3) is 0.364. The van der Waals surface area contributed by atoms with Crippen molar-refractivity contribution in [1.29, 1.82) is 0 Å². The Bertz CT molecular complexity index is 1680. The summed E-state index contributed by atoms with van der Waals surface area (Å²) in [5.41, 5.74) is 3.85. The predicted octanol–water partition coefficient (Wildman–Crippen LogP) is 8.88. The van der Waals surface area contributed by atoms with E-state index in [1.807, 2.05) is 58.0 Å². The maximum atomic E-state index is 13.9. The van der Waals surface area contributed by atoms with Gasteiger partial charge in [-0.3, -0.25) is 4.79 Å². The van der Waals surface area contributed by atoms with Crippen molar-refractivity contribution in [3.05, 3.63) is 78.5 Å². The predicted molar refractivity (Wildman–Crippen MR) is 178 cm³/mol. The topological polar surface area (TPSA) is 74.9 Å². The first-order valence-electron chi connectivity index (χ1n) is 14.3. The molecule has 1 atom stereocenters. The zero-order valence-corrected chi connectivity index (χ0v) is 28.3. The summed E-state index contributed by atoms with van der Waals surface area (Å²) < 4.78 is 20.9. The average molecular weight is 699 g/mol. The van der Waals surface area contributed by atoms with Crippen LogP contribution in [0.1, 0.15) is 70.6 Å². The lowest BCUT2D eigenvalue weighted by atomic mass is 9.96. The fourth-order valence-electron chi connectivity index (χ4n) is 4.55. The summed E-state index contributed by atoms with van der Waals surface area (Å²) in [7, 11) is 0. The van der Waals surface area contributed by atoms with E-state index in [-0.39, 0.29) is 17.6 Å². The molecule has 3 aromatic carbocycles. The molecule has 0 N–H and O–H groups in total. The number of hydrogen-bond donors (Lipinski definition) is 0. The average Bonchev–Trinajstić information content (AvgIpc) is 2.97. The summed E-state index contributed by atoms with van der Waals surface area (Å²) in [5.74, 6) is 2.70. The van der Waals surface area contributed by atoms with Gasteiger partial charge in [-0.1, -0.05) is 32.9 Å². The number of aromatic nitrogens is 2. The van der Waals surface area contributed by atoms with Gasteiger partial charge in [0.15, 0.2) is 17.3 Å². The van der Waals surface area contributed by atoms with Crippen molar-refractivity contribution < 1.29 is 14.2 Å². The lowest BCUT2D eigenvalue weighted by Crippen LogP contribution is -2.21. The summed E-state index contributed by atoms with van der Waals surface area (Å²) in [4.78, 5) is 18.8. The Morgan fingerprint density at radius 2 is 1.67 bits per heavy atom. The number of fused-ring (bicyclic) bond motifs is 1. The van der Waals surface area contributed by atoms with Gasteiger partial charge in [-0.15, -0.1) is 0 Å². The van der Waals surface area contributed by atoms with Gasteiger partial charge in [-0.2, -0.15) is 9.78 Å². The molecule has 4 rings (SSSR count). The van der Waals surface area contributed by atoms with E-state index in [1.54, 1.807) is 12.3 Å². The van der Waals surface area contributed by atoms with Crippen molar-refractivity contribution in [3.8, 4) is 28.6 Å². The van der Waals surface area contributed by atoms with Gasteiger partial charge < -0.3 is 14.2 Å². The van der Waals surface area contributed by atoms with Gasteiger partial charge in [0, 0.05) is 15.6 Å². The Morgan fingerprint density at radius 3 is 2.33 bits per heavy atom. The van der Waals surface area contributed by atoms with Crippen LogP contribution in [-0.2, 0) is 0 Å². The van der Waals surface area contributed by atoms with E-state index in [0.29, 0.717) is 51.5 Å². The molecule has 0 saturated heterocycles. The van der Waals surface area contributed by atoms with Crippen LogP contribution in [0, 0.1) is 6.92 Å². The first kappa shape index (κ1) is 31.8. The largest absolute Gasteiger partial charge is 0.494 e. The molecule has 0 amide bonds. The van der Waals surface area contributed by atoms with Crippen LogP contribution in [0.2, 0.25) is 0 Å². The highest BCUT2D eigenvalue weighted by Crippen LogP contribution is 2.43. The summed E-state index contributed by atoms with van der Waals surface area (Å²) in [6.45, 7) is 15.3. The minimum atomic E-state index is -0.261. The van der Waals surface area contributed by atoms with E-state index in [9.17, 15) is 4.79 Å². The molecular weight excluding hydrogens is 662 g/mol. The first-order valence-corrected chi connectivity index (χ1v) is 15.8. The summed E-state index contributed by atoms with van der Waals surface area (Å²) in [6.07, 6.45) is 2.49. The third-order valence-corrected chi connectivity index (χ3v) is 9.08. The van der Waals surface area contributed by atoms with Crippen LogP contribution in [-0.4, -0.2) is 35.2 Å². The van der Waals surface area contributed by atoms with Gasteiger partial charge in [0.1, 0.15) is 5.75 Å². The van der Waals surface area contributed by atoms with Crippen LogP contribution in [0.3, 0.4) is 0 Å². The van der Waals surface area contributed by atoms with Crippen molar-refractivity contribution in [2.75, 3.05) is 13.2 Å². The lowest BCUT2D eigenvalue weighted by Gasteiger charge is -2.19. The van der Waals surface area contributed by atoms with E-state index in [4.69, 9.17) is 24.3 Å². The molecule has 0 aliphatic rings. The molecule has 0 aliphatic heterocycles. The van der Waals surface area contributed by atoms with Gasteiger partial charge in [0.2, 0.25) is 0 Å². The highest BCUT2D eigenvalue weighted by atomic mass is 79.9. The fourth-order valence-corrected chi connectivity index (χ4v) is 5.47. The Balaban J connectivity index is 1.94. The monoisotopic (exact) mass is 697 g/mol. The maximum Gasteiger partial charge on any atom is 0.282 e. The van der Waals surface area contributed by atoms with Crippen molar-refractivity contribution in [2.24, 2.45) is 5.10 Å². The minimum Gasteiger partial charge on any atom is -0.494 e. The van der Waals surface area contributed by atoms with Crippen LogP contribution in [0.4, 0.5) is 0 Å². The van der Waals surface area contributed by atoms with E-state index in [0.717, 1.165) is 33.3 Å². The number of aryl methyl sites for hydroxylation is 1. The molecule has 9 heteroatoms. The highest BCUT2D eigenvalue weighted by Gasteiger charge is 2.21. The quantitative estimate of drug-likeness (QED) is 0.146. The summed E-state index contributed by atoms with van der Waals surface area (Å²) in [6, 6.07) is 13.3. The second kappa shape index (κ2) is 13.9. The molecular formula is C33H37Br2N3O4. The molecule has 0 radical (unpaired) electrons. The number of para-hydroxylation sites is 1. The van der Waals surface area contributed by atoms with Crippen LogP contribution < -0.4 is 19.8 Å². The molecule has 0 spiro atoms. The molecule has 4 aromatic rings. The van der Waals surface area contributed by atoms with E-state index < -0.39 is 0 Å². The van der Waals surface area contributed by atoms with Gasteiger partial charge >= 0.3 is 0 Å². The van der Waals surface area contributed by atoms with Crippen LogP contribution >= 0.6 is 31.9 Å². The Kier molecular flexibility index (Phi) is 10.5. The van der Waals surface area contributed by atoms with Gasteiger partial charge in [-0.05, 0) is 113 Å². The van der Waals surface area contributed by atoms with E-state index in [1.165, 1.54) is 4.68 Å². The van der Waals surface area contributed by atoms with Crippen molar-refractivity contribution in [2.45, 2.75) is 66.9 Å². The van der Waals surface area contributed by atoms with Crippen LogP contribution in [0.15, 0.2) is 61.3 Å². The van der Waals surface area contributed by atoms with Gasteiger partial charge in [0.25, 0.3) is 5.56 Å². The standard InChI is InChI=1S/C33H37Br2N3O4/c1-8-21(7)42-31-28(41-10-3)16-22(29(34)30(31)35)18-36-38-32(37-26-14-12-11-13-23(26)33(38)39)25-17-24(19(4)5)27(40-9-2)15-20(25)6/h11-19,21H,8-10H2,1-7H3/t21-/m1/s1. The second-order valence-electron chi connectivity index (χ2n) is 10.3. The Morgan fingerprint density at radius 1 is 0.976 bits per heavy atom. The third kappa shape index (κ3) is 6.57. The number of nitrogens with zero attached hydrogens (tertiary/aromatic N) is 3. The molecule has 42 heavy (non-hydrogen) atoms. The number of rotatable bonds is 11. The smallest absolute Gasteiger partial charge is 0.282 e. The summed E-state index contributed by atoms with van der Waals surface area (Å²) in [5, 5.41) is 5.21. The van der Waals surface area contributed by atoms with Crippen molar-refractivity contribution >= 4 is 49.0 Å². The van der Waals surface area contributed by atoms with E-state index in [2.05, 4.69) is 58.7 Å². The van der Waals surface area contributed by atoms with Crippen molar-refractivity contribution in [1.82, 2.24) is 9.66 Å². The van der Waals surface area contributed by atoms with Crippen LogP contribution in [0.25, 0.3) is 22.3 Å². The molecule has 0 unspecified atom stereocenters. The SMILES string of the molecule is CCOc1cc(C)c(-c2nc3ccccc3c(=O)n2N=Cc2cc(OCC)c(O[C@H](C)CC)c(Br)c2Br)cc1C(C)C. The molecule has 1 heterocycles. The molecule has 1 aromatic heterocycles. The maximum absolute atomic E-state index is 13.9. The third-order valence-electron chi connectivity index (χ3n) is 6.94. The molecule has 7 nitrogen and oxygen atoms in total. The van der Waals surface area contributed by atoms with Crippen molar-refractivity contribution in [3.63, 3.8) is 0 Å². The summed E-state index contributed by atoms with van der Waals surface area (Å²) >= 11 is 7.37. The second-order valence-corrected chi connectivity index (χ2v) is 11.9.